The SMILES string of the molecule is C=C1C(=CC2=C(C)C(c3ccc(C)cc3)C(C)=C2)CC2=CC(C)C(C(=C)CCC)C(c3ccccc3)C12. The summed E-state index contributed by atoms with van der Waals surface area (Å²) >= 11 is 0. The van der Waals surface area contributed by atoms with Crippen LogP contribution in [-0.2, 0) is 0 Å². The molecule has 3 aliphatic rings. The van der Waals surface area contributed by atoms with Gasteiger partial charge in [0.15, 0.2) is 0 Å². The van der Waals surface area contributed by atoms with E-state index in [1.807, 2.05) is 0 Å². The number of hydrogen-bond acceptors (Lipinski definition) is 0. The Labute approximate surface area is 224 Å². The average molecular weight is 487 g/mol. The first-order valence-corrected chi connectivity index (χ1v) is 14.1. The van der Waals surface area contributed by atoms with Gasteiger partial charge in [-0.25, -0.2) is 0 Å². The summed E-state index contributed by atoms with van der Waals surface area (Å²) in [6.07, 6.45) is 10.7. The summed E-state index contributed by atoms with van der Waals surface area (Å²) in [6.45, 7) is 20.8. The molecule has 0 aliphatic heterocycles. The van der Waals surface area contributed by atoms with Crippen molar-refractivity contribution in [2.24, 2.45) is 17.8 Å². The summed E-state index contributed by atoms with van der Waals surface area (Å²) in [4.78, 5) is 0. The van der Waals surface area contributed by atoms with Crippen molar-refractivity contribution in [1.82, 2.24) is 0 Å². The highest BCUT2D eigenvalue weighted by atomic mass is 14.5. The minimum absolute atomic E-state index is 0.365. The molecule has 5 unspecified atom stereocenters. The van der Waals surface area contributed by atoms with Gasteiger partial charge in [0.05, 0.1) is 0 Å². The van der Waals surface area contributed by atoms with Crippen molar-refractivity contribution in [3.8, 4) is 0 Å². The van der Waals surface area contributed by atoms with Gasteiger partial charge in [-0.2, -0.15) is 0 Å². The van der Waals surface area contributed by atoms with Crippen LogP contribution in [0.2, 0.25) is 0 Å². The molecule has 190 valence electrons. The molecule has 2 aromatic carbocycles. The summed E-state index contributed by atoms with van der Waals surface area (Å²) in [5, 5.41) is 0. The molecule has 0 N–H and O–H groups in total. The normalized spacial score (nSPS) is 28.4. The molecule has 0 spiro atoms. The lowest BCUT2D eigenvalue weighted by Crippen LogP contribution is -2.31. The lowest BCUT2D eigenvalue weighted by molar-refractivity contribution is 0.322. The standard InChI is InChI=1S/C37H42/c1-8-12-24(3)34-25(4)20-33-22-32(28(7)36(33)37(34)29-13-10-9-11-14-29)21-31-19-26(5)35(27(31)6)30-17-15-23(2)16-18-30/h9-11,13-21,25,34-37H,3,7-8,12,22H2,1-2,4-6H3. The average Bonchev–Trinajstić information content (AvgIpc) is 3.33. The fraction of sp³-hybridized carbons (Fsp3) is 0.351. The van der Waals surface area contributed by atoms with Gasteiger partial charge in [0.25, 0.3) is 0 Å². The van der Waals surface area contributed by atoms with E-state index in [4.69, 9.17) is 6.58 Å². The zero-order valence-corrected chi connectivity index (χ0v) is 23.4. The van der Waals surface area contributed by atoms with Gasteiger partial charge >= 0.3 is 0 Å². The van der Waals surface area contributed by atoms with Gasteiger partial charge < -0.3 is 0 Å². The van der Waals surface area contributed by atoms with Crippen LogP contribution < -0.4 is 0 Å². The van der Waals surface area contributed by atoms with Gasteiger partial charge in [0, 0.05) is 17.8 Å². The molecule has 0 radical (unpaired) electrons. The highest BCUT2D eigenvalue weighted by molar-refractivity contribution is 5.59. The third kappa shape index (κ3) is 4.68. The maximum atomic E-state index is 4.75. The number of rotatable bonds is 6. The van der Waals surface area contributed by atoms with E-state index < -0.39 is 0 Å². The largest absolute Gasteiger partial charge is 0.0995 e. The first kappa shape index (κ1) is 25.5. The van der Waals surface area contributed by atoms with E-state index in [-0.39, 0.29) is 0 Å². The molecular formula is C37H42. The van der Waals surface area contributed by atoms with Crippen molar-refractivity contribution in [2.45, 2.75) is 65.7 Å². The molecule has 5 rings (SSSR count). The highest BCUT2D eigenvalue weighted by Gasteiger charge is 2.45. The molecule has 5 atom stereocenters. The van der Waals surface area contributed by atoms with E-state index in [1.165, 1.54) is 50.1 Å². The van der Waals surface area contributed by atoms with Crippen molar-refractivity contribution >= 4 is 0 Å². The van der Waals surface area contributed by atoms with Gasteiger partial charge in [-0.05, 0) is 73.3 Å². The topological polar surface area (TPSA) is 0 Å². The second kappa shape index (κ2) is 10.3. The molecule has 0 heteroatoms. The fourth-order valence-corrected chi connectivity index (χ4v) is 7.35. The Kier molecular flexibility index (Phi) is 7.13. The number of allylic oxidation sites excluding steroid dienone is 10. The maximum absolute atomic E-state index is 4.75. The van der Waals surface area contributed by atoms with Crippen molar-refractivity contribution in [2.75, 3.05) is 0 Å². The lowest BCUT2D eigenvalue weighted by atomic mass is 9.62. The Morgan fingerprint density at radius 1 is 0.973 bits per heavy atom. The molecule has 3 aliphatic carbocycles. The van der Waals surface area contributed by atoms with E-state index >= 15 is 0 Å². The molecule has 0 heterocycles. The van der Waals surface area contributed by atoms with Gasteiger partial charge in [-0.15, -0.1) is 0 Å². The number of aryl methyl sites for hydroxylation is 1. The molecule has 0 saturated heterocycles. The van der Waals surface area contributed by atoms with Crippen LogP contribution in [0, 0.1) is 24.7 Å². The quantitative estimate of drug-likeness (QED) is 0.356. The molecular weight excluding hydrogens is 444 g/mol. The molecule has 0 amide bonds. The maximum Gasteiger partial charge on any atom is 0.0264 e. The van der Waals surface area contributed by atoms with Crippen LogP contribution in [0.3, 0.4) is 0 Å². The van der Waals surface area contributed by atoms with Crippen LogP contribution in [0.4, 0.5) is 0 Å². The van der Waals surface area contributed by atoms with E-state index in [9.17, 15) is 0 Å². The second-order valence-corrected chi connectivity index (χ2v) is 11.7. The third-order valence-corrected chi connectivity index (χ3v) is 9.07. The summed E-state index contributed by atoms with van der Waals surface area (Å²) < 4.78 is 0. The zero-order chi connectivity index (χ0) is 26.3. The van der Waals surface area contributed by atoms with Crippen LogP contribution in [-0.4, -0.2) is 0 Å². The fourth-order valence-electron chi connectivity index (χ4n) is 7.35. The van der Waals surface area contributed by atoms with Gasteiger partial charge in [-0.3, -0.25) is 0 Å². The molecule has 0 bridgehead atoms. The first-order chi connectivity index (χ1) is 17.8. The smallest absolute Gasteiger partial charge is 0.0264 e. The molecule has 2 aromatic rings. The number of fused-ring (bicyclic) bond motifs is 1. The Hall–Kier alpha value is -3.12. The third-order valence-electron chi connectivity index (χ3n) is 9.07. The van der Waals surface area contributed by atoms with E-state index in [0.29, 0.717) is 29.6 Å². The number of benzene rings is 2. The van der Waals surface area contributed by atoms with Crippen LogP contribution in [0.5, 0.6) is 0 Å². The van der Waals surface area contributed by atoms with E-state index in [1.54, 1.807) is 5.57 Å². The van der Waals surface area contributed by atoms with Crippen molar-refractivity contribution in [1.29, 1.82) is 0 Å². The van der Waals surface area contributed by atoms with Crippen molar-refractivity contribution in [3.63, 3.8) is 0 Å². The van der Waals surface area contributed by atoms with Crippen LogP contribution in [0.15, 0.2) is 125 Å². The minimum Gasteiger partial charge on any atom is -0.0995 e. The van der Waals surface area contributed by atoms with Crippen LogP contribution in [0.1, 0.15) is 75.5 Å². The molecule has 1 fully saturated rings. The lowest BCUT2D eigenvalue weighted by Gasteiger charge is -2.41. The Morgan fingerprint density at radius 2 is 1.68 bits per heavy atom. The summed E-state index contributed by atoms with van der Waals surface area (Å²) in [5.41, 5.74) is 14.1. The monoisotopic (exact) mass is 486 g/mol. The highest BCUT2D eigenvalue weighted by Crippen LogP contribution is 2.57. The molecule has 0 nitrogen and oxygen atoms in total. The Balaban J connectivity index is 1.52. The Bertz CT molecular complexity index is 1320. The van der Waals surface area contributed by atoms with Gasteiger partial charge in [0.1, 0.15) is 0 Å². The summed E-state index contributed by atoms with van der Waals surface area (Å²) in [5.74, 6) is 2.09. The van der Waals surface area contributed by atoms with E-state index in [2.05, 4.69) is 114 Å². The van der Waals surface area contributed by atoms with Crippen molar-refractivity contribution in [3.05, 3.63) is 142 Å². The first-order valence-electron chi connectivity index (χ1n) is 14.1. The molecule has 1 saturated carbocycles. The Morgan fingerprint density at radius 3 is 2.35 bits per heavy atom. The second-order valence-electron chi connectivity index (χ2n) is 11.7. The minimum atomic E-state index is 0.365. The predicted molar refractivity (Wildman–Crippen MR) is 160 cm³/mol. The van der Waals surface area contributed by atoms with E-state index in [0.717, 1.165) is 19.3 Å². The van der Waals surface area contributed by atoms with Crippen LogP contribution in [0.25, 0.3) is 0 Å². The van der Waals surface area contributed by atoms with Crippen molar-refractivity contribution < 1.29 is 0 Å². The zero-order valence-electron chi connectivity index (χ0n) is 23.4. The number of hydrogen-bond donors (Lipinski definition) is 0. The van der Waals surface area contributed by atoms with Gasteiger partial charge in [0.2, 0.25) is 0 Å². The molecule has 0 aromatic heterocycles. The molecule has 37 heavy (non-hydrogen) atoms. The van der Waals surface area contributed by atoms with Crippen LogP contribution >= 0.6 is 0 Å². The predicted octanol–water partition coefficient (Wildman–Crippen LogP) is 10.2. The summed E-state index contributed by atoms with van der Waals surface area (Å²) in [6, 6.07) is 20.2. The summed E-state index contributed by atoms with van der Waals surface area (Å²) in [7, 11) is 0. The van der Waals surface area contributed by atoms with Gasteiger partial charge in [-0.1, -0.05) is 134 Å².